The van der Waals surface area contributed by atoms with Crippen LogP contribution in [0.15, 0.2) is 34.7 Å². The standard InChI is InChI=1S/C22H26N4O2S/c1-12-17(23-8-7-18(12)28-6)11-29-20-24-15-9-13-14(10-16(15)25-20)22(4,5)19(26-27)21(13,2)3/h7-10,27H,11H2,1-6H3,(H,24,25). The number of hydrogen-bond donors (Lipinski definition) is 2. The van der Waals surface area contributed by atoms with Crippen molar-refractivity contribution in [2.75, 3.05) is 7.11 Å². The quantitative estimate of drug-likeness (QED) is 0.361. The maximum absolute atomic E-state index is 9.63. The first-order valence-corrected chi connectivity index (χ1v) is 10.6. The number of ether oxygens (including phenoxy) is 1. The minimum Gasteiger partial charge on any atom is -0.496 e. The van der Waals surface area contributed by atoms with Gasteiger partial charge in [0.25, 0.3) is 0 Å². The minimum absolute atomic E-state index is 0.332. The van der Waals surface area contributed by atoms with Crippen LogP contribution < -0.4 is 4.74 Å². The number of nitrogens with one attached hydrogen (secondary N) is 1. The Bertz CT molecular complexity index is 1080. The minimum atomic E-state index is -0.338. The molecule has 2 heterocycles. The molecule has 1 aromatic carbocycles. The Morgan fingerprint density at radius 2 is 1.86 bits per heavy atom. The van der Waals surface area contributed by atoms with Gasteiger partial charge in [0.2, 0.25) is 0 Å². The van der Waals surface area contributed by atoms with E-state index in [1.807, 2.05) is 13.0 Å². The summed E-state index contributed by atoms with van der Waals surface area (Å²) in [5.74, 6) is 1.56. The maximum Gasteiger partial charge on any atom is 0.166 e. The molecule has 4 rings (SSSR count). The largest absolute Gasteiger partial charge is 0.496 e. The van der Waals surface area contributed by atoms with E-state index in [0.29, 0.717) is 5.75 Å². The summed E-state index contributed by atoms with van der Waals surface area (Å²) in [7, 11) is 1.67. The van der Waals surface area contributed by atoms with Gasteiger partial charge in [0.15, 0.2) is 5.16 Å². The van der Waals surface area contributed by atoms with Crippen molar-refractivity contribution in [2.24, 2.45) is 5.16 Å². The van der Waals surface area contributed by atoms with Gasteiger partial charge in [-0.2, -0.15) is 0 Å². The molecule has 6 nitrogen and oxygen atoms in total. The molecule has 0 saturated carbocycles. The number of benzene rings is 1. The molecule has 0 aliphatic heterocycles. The van der Waals surface area contributed by atoms with Crippen molar-refractivity contribution >= 4 is 28.5 Å². The summed E-state index contributed by atoms with van der Waals surface area (Å²) in [6.45, 7) is 10.4. The van der Waals surface area contributed by atoms with Crippen LogP contribution >= 0.6 is 11.8 Å². The fourth-order valence-electron chi connectivity index (χ4n) is 4.48. The third-order valence-corrected chi connectivity index (χ3v) is 6.94. The molecule has 2 N–H and O–H groups in total. The van der Waals surface area contributed by atoms with E-state index in [1.165, 1.54) is 5.56 Å². The number of hydrogen-bond acceptors (Lipinski definition) is 6. The number of aromatic amines is 1. The van der Waals surface area contributed by atoms with Gasteiger partial charge in [-0.25, -0.2) is 4.98 Å². The first-order valence-electron chi connectivity index (χ1n) is 9.59. The highest BCUT2D eigenvalue weighted by Gasteiger charge is 2.49. The molecule has 29 heavy (non-hydrogen) atoms. The molecular weight excluding hydrogens is 384 g/mol. The lowest BCUT2D eigenvalue weighted by atomic mass is 9.79. The van der Waals surface area contributed by atoms with Crippen LogP contribution in [0.1, 0.15) is 50.1 Å². The summed E-state index contributed by atoms with van der Waals surface area (Å²) in [5, 5.41) is 14.1. The number of nitrogens with zero attached hydrogens (tertiary/aromatic N) is 3. The Hall–Kier alpha value is -2.54. The Morgan fingerprint density at radius 1 is 1.17 bits per heavy atom. The molecule has 0 spiro atoms. The smallest absolute Gasteiger partial charge is 0.166 e. The zero-order valence-electron chi connectivity index (χ0n) is 17.6. The molecule has 0 saturated heterocycles. The van der Waals surface area contributed by atoms with Crippen LogP contribution in [-0.4, -0.2) is 33.0 Å². The lowest BCUT2D eigenvalue weighted by Gasteiger charge is -2.24. The molecule has 0 unspecified atom stereocenters. The molecule has 152 valence electrons. The van der Waals surface area contributed by atoms with Crippen LogP contribution in [0.3, 0.4) is 0 Å². The first-order chi connectivity index (χ1) is 13.7. The predicted molar refractivity (Wildman–Crippen MR) is 116 cm³/mol. The van der Waals surface area contributed by atoms with E-state index in [-0.39, 0.29) is 10.8 Å². The molecule has 7 heteroatoms. The van der Waals surface area contributed by atoms with Gasteiger partial charge < -0.3 is 14.9 Å². The molecule has 0 fully saturated rings. The average molecular weight is 411 g/mol. The van der Waals surface area contributed by atoms with E-state index in [4.69, 9.17) is 9.72 Å². The summed E-state index contributed by atoms with van der Waals surface area (Å²) >= 11 is 1.63. The second-order valence-electron chi connectivity index (χ2n) is 8.53. The van der Waals surface area contributed by atoms with Gasteiger partial charge in [0, 0.05) is 28.3 Å². The molecule has 1 aliphatic rings. The molecule has 0 atom stereocenters. The monoisotopic (exact) mass is 410 g/mol. The molecule has 3 aromatic rings. The number of imidazole rings is 1. The fourth-order valence-corrected chi connectivity index (χ4v) is 5.39. The van der Waals surface area contributed by atoms with Crippen molar-refractivity contribution in [3.63, 3.8) is 0 Å². The van der Waals surface area contributed by atoms with Crippen LogP contribution in [0.25, 0.3) is 11.0 Å². The Morgan fingerprint density at radius 3 is 2.52 bits per heavy atom. The van der Waals surface area contributed by atoms with E-state index in [9.17, 15) is 5.21 Å². The molecule has 0 bridgehead atoms. The van der Waals surface area contributed by atoms with Crippen molar-refractivity contribution in [1.82, 2.24) is 15.0 Å². The van der Waals surface area contributed by atoms with Crippen LogP contribution in [0.5, 0.6) is 5.75 Å². The van der Waals surface area contributed by atoms with Crippen molar-refractivity contribution in [1.29, 1.82) is 0 Å². The first kappa shape index (κ1) is 19.8. The molecule has 2 aromatic heterocycles. The normalized spacial score (nSPS) is 18.3. The highest BCUT2D eigenvalue weighted by Crippen LogP contribution is 2.48. The number of aromatic nitrogens is 3. The molecule has 1 aliphatic carbocycles. The summed E-state index contributed by atoms with van der Waals surface area (Å²) in [5.41, 5.74) is 6.40. The number of rotatable bonds is 4. The number of pyridine rings is 1. The van der Waals surface area contributed by atoms with Gasteiger partial charge >= 0.3 is 0 Å². The third kappa shape index (κ3) is 2.99. The van der Waals surface area contributed by atoms with Crippen molar-refractivity contribution < 1.29 is 9.94 Å². The Balaban J connectivity index is 1.68. The highest BCUT2D eigenvalue weighted by atomic mass is 32.2. The molecule has 0 amide bonds. The van der Waals surface area contributed by atoms with E-state index >= 15 is 0 Å². The number of fused-ring (bicyclic) bond motifs is 2. The number of H-pyrrole nitrogens is 1. The van der Waals surface area contributed by atoms with E-state index in [0.717, 1.165) is 44.5 Å². The third-order valence-electron chi connectivity index (χ3n) is 6.05. The Labute approximate surface area is 174 Å². The second-order valence-corrected chi connectivity index (χ2v) is 9.49. The van der Waals surface area contributed by atoms with Crippen molar-refractivity contribution in [3.8, 4) is 5.75 Å². The van der Waals surface area contributed by atoms with Gasteiger partial charge in [-0.1, -0.05) is 44.6 Å². The summed E-state index contributed by atoms with van der Waals surface area (Å²) in [6, 6.07) is 6.15. The highest BCUT2D eigenvalue weighted by molar-refractivity contribution is 7.98. The van der Waals surface area contributed by atoms with Gasteiger partial charge in [0.1, 0.15) is 5.75 Å². The predicted octanol–water partition coefficient (Wildman–Crippen LogP) is 4.97. The summed E-state index contributed by atoms with van der Waals surface area (Å²) < 4.78 is 5.39. The number of methoxy groups -OCH3 is 1. The van der Waals surface area contributed by atoms with E-state index in [1.54, 1.807) is 25.1 Å². The van der Waals surface area contributed by atoms with Crippen LogP contribution in [-0.2, 0) is 16.6 Å². The zero-order chi connectivity index (χ0) is 21.0. The van der Waals surface area contributed by atoms with E-state index in [2.05, 4.69) is 55.0 Å². The lowest BCUT2D eigenvalue weighted by molar-refractivity contribution is 0.310. The van der Waals surface area contributed by atoms with Crippen molar-refractivity contribution in [2.45, 2.75) is 56.4 Å². The summed E-state index contributed by atoms with van der Waals surface area (Å²) in [4.78, 5) is 12.7. The summed E-state index contributed by atoms with van der Waals surface area (Å²) in [6.07, 6.45) is 1.77. The van der Waals surface area contributed by atoms with Crippen LogP contribution in [0, 0.1) is 6.92 Å². The molecular formula is C22H26N4O2S. The number of oxime groups is 1. The van der Waals surface area contributed by atoms with Crippen LogP contribution in [0.2, 0.25) is 0 Å². The fraction of sp³-hybridized carbons (Fsp3) is 0.409. The van der Waals surface area contributed by atoms with E-state index < -0.39 is 0 Å². The zero-order valence-corrected chi connectivity index (χ0v) is 18.4. The van der Waals surface area contributed by atoms with Gasteiger partial charge in [-0.15, -0.1) is 0 Å². The topological polar surface area (TPSA) is 83.4 Å². The second kappa shape index (κ2) is 6.76. The van der Waals surface area contributed by atoms with Gasteiger partial charge in [-0.3, -0.25) is 4.98 Å². The van der Waals surface area contributed by atoms with Crippen molar-refractivity contribution in [3.05, 3.63) is 46.8 Å². The Kier molecular flexibility index (Phi) is 4.61. The van der Waals surface area contributed by atoms with Gasteiger partial charge in [-0.05, 0) is 36.2 Å². The maximum atomic E-state index is 9.63. The van der Waals surface area contributed by atoms with Crippen LogP contribution in [0.4, 0.5) is 0 Å². The SMILES string of the molecule is COc1ccnc(CSc2nc3cc4c(cc3[nH]2)C(C)(C)/C(=N\O)C4(C)C)c1C. The molecule has 0 radical (unpaired) electrons. The van der Waals surface area contributed by atoms with Gasteiger partial charge in [0.05, 0.1) is 29.5 Å². The lowest BCUT2D eigenvalue weighted by Crippen LogP contribution is -2.34. The average Bonchev–Trinajstić information content (AvgIpc) is 3.13. The number of thioether (sulfide) groups is 1.